The zero-order valence-electron chi connectivity index (χ0n) is 19.5. The highest BCUT2D eigenvalue weighted by Crippen LogP contribution is 2.39. The molecule has 33 heavy (non-hydrogen) atoms. The van der Waals surface area contributed by atoms with Gasteiger partial charge in [0.25, 0.3) is 0 Å². The van der Waals surface area contributed by atoms with Crippen LogP contribution >= 0.6 is 40.1 Å². The summed E-state index contributed by atoms with van der Waals surface area (Å²) >= 11 is 10.4. The second-order valence-corrected chi connectivity index (χ2v) is 12.4. The summed E-state index contributed by atoms with van der Waals surface area (Å²) in [5.41, 5.74) is -0.837. The van der Waals surface area contributed by atoms with Crippen molar-refractivity contribution >= 4 is 50.3 Å². The molecule has 0 heterocycles. The van der Waals surface area contributed by atoms with Crippen LogP contribution in [0, 0.1) is 10.8 Å². The first-order valence-electron chi connectivity index (χ1n) is 10.3. The van der Waals surface area contributed by atoms with Gasteiger partial charge in [0.05, 0.1) is 13.2 Å². The van der Waals surface area contributed by atoms with Gasteiger partial charge in [0.1, 0.15) is 0 Å². The second-order valence-electron chi connectivity index (χ2n) is 9.08. The molecule has 0 rings (SSSR count). The summed E-state index contributed by atoms with van der Waals surface area (Å²) in [6, 6.07) is 0. The van der Waals surface area contributed by atoms with Gasteiger partial charge in [0.15, 0.2) is 10.2 Å². The van der Waals surface area contributed by atoms with Crippen LogP contribution in [-0.4, -0.2) is 69.2 Å². The molecule has 0 aromatic rings. The topological polar surface area (TPSA) is 182 Å². The molecule has 0 fully saturated rings. The molecule has 0 unspecified atom stereocenters. The number of phosphoric ester groups is 2. The minimum atomic E-state index is -4.47. The lowest BCUT2D eigenvalue weighted by molar-refractivity contribution is 0.123. The van der Waals surface area contributed by atoms with Crippen LogP contribution in [0.2, 0.25) is 0 Å². The Bertz CT molecular complexity index is 657. The van der Waals surface area contributed by atoms with Crippen molar-refractivity contribution in [2.24, 2.45) is 10.8 Å². The quantitative estimate of drug-likeness (QED) is 0.0780. The molecule has 16 heteroatoms. The fourth-order valence-corrected chi connectivity index (χ4v) is 3.75. The van der Waals surface area contributed by atoms with Gasteiger partial charge >= 0.3 is 15.6 Å². The van der Waals surface area contributed by atoms with Crippen molar-refractivity contribution in [2.75, 3.05) is 39.4 Å². The molecule has 0 bridgehead atoms. The van der Waals surface area contributed by atoms with Crippen molar-refractivity contribution in [3.63, 3.8) is 0 Å². The molecule has 0 saturated carbocycles. The Morgan fingerprint density at radius 3 is 1.30 bits per heavy atom. The smallest absolute Gasteiger partial charge is 0.363 e. The third-order valence-electron chi connectivity index (χ3n) is 4.35. The largest absolute Gasteiger partial charge is 0.469 e. The van der Waals surface area contributed by atoms with Crippen LogP contribution in [-0.2, 0) is 18.2 Å². The molecule has 0 radical (unpaired) electrons. The fourth-order valence-electron chi connectivity index (χ4n) is 2.31. The van der Waals surface area contributed by atoms with E-state index in [4.69, 9.17) is 44.0 Å². The van der Waals surface area contributed by atoms with Gasteiger partial charge in [0, 0.05) is 26.2 Å². The van der Waals surface area contributed by atoms with E-state index in [1.807, 2.05) is 27.7 Å². The maximum atomic E-state index is 10.8. The minimum Gasteiger partial charge on any atom is -0.363 e. The summed E-state index contributed by atoms with van der Waals surface area (Å²) in [5, 5.41) is 13.2. The molecule has 0 aliphatic carbocycles. The summed E-state index contributed by atoms with van der Waals surface area (Å²) < 4.78 is 30.7. The Hall–Kier alpha value is -0.400. The van der Waals surface area contributed by atoms with Crippen molar-refractivity contribution in [3.05, 3.63) is 0 Å². The molecule has 0 spiro atoms. The highest BCUT2D eigenvalue weighted by molar-refractivity contribution is 7.80. The Morgan fingerprint density at radius 2 is 1.00 bits per heavy atom. The predicted octanol–water partition coefficient (Wildman–Crippen LogP) is 1.36. The molecule has 0 aliphatic heterocycles. The molecule has 0 saturated heterocycles. The summed E-state index contributed by atoms with van der Waals surface area (Å²) in [7, 11) is -8.95. The number of rotatable bonds is 16. The molecule has 0 aliphatic rings. The molecule has 8 N–H and O–H groups in total. The number of hydrogen-bond donors (Lipinski definition) is 8. The van der Waals surface area contributed by atoms with Crippen LogP contribution < -0.4 is 21.3 Å². The van der Waals surface area contributed by atoms with E-state index < -0.39 is 26.5 Å². The van der Waals surface area contributed by atoms with Crippen molar-refractivity contribution in [2.45, 2.75) is 47.0 Å². The molecule has 0 atom stereocenters. The van der Waals surface area contributed by atoms with E-state index in [0.717, 1.165) is 6.42 Å². The van der Waals surface area contributed by atoms with E-state index in [0.29, 0.717) is 49.2 Å². The SMILES string of the molecule is CC(C)(CCNC(=S)NCCCNC(=S)NCCC(C)(C)COP(=O)(O)O)COP(=O)(O)O. The lowest BCUT2D eigenvalue weighted by atomic mass is 9.91. The average Bonchev–Trinajstić information content (AvgIpc) is 2.63. The van der Waals surface area contributed by atoms with Crippen molar-refractivity contribution < 1.29 is 37.8 Å². The van der Waals surface area contributed by atoms with Gasteiger partial charge in [-0.15, -0.1) is 0 Å². The first-order chi connectivity index (χ1) is 14.9. The van der Waals surface area contributed by atoms with E-state index in [2.05, 4.69) is 30.3 Å². The molecule has 0 amide bonds. The molecular weight excluding hydrogens is 514 g/mol. The highest BCUT2D eigenvalue weighted by atomic mass is 32.1. The lowest BCUT2D eigenvalue weighted by Gasteiger charge is -2.25. The standard InChI is InChI=1S/C17H38N4O8P2S2/c1-16(2,12-28-30(22,23)24)6-10-20-14(32)18-8-5-9-19-15(33)21-11-7-17(3,4)13-29-31(25,26)27/h5-13H2,1-4H3,(H2,18,20,32)(H2,19,21,33)(H2,22,23,24)(H2,25,26,27). The van der Waals surface area contributed by atoms with Gasteiger partial charge in [0.2, 0.25) is 0 Å². The number of hydrogen-bond acceptors (Lipinski definition) is 6. The van der Waals surface area contributed by atoms with Gasteiger partial charge in [-0.05, 0) is 54.5 Å². The van der Waals surface area contributed by atoms with Gasteiger partial charge < -0.3 is 40.8 Å². The summed E-state index contributed by atoms with van der Waals surface area (Å²) in [5.74, 6) is 0. The van der Waals surface area contributed by atoms with E-state index in [1.54, 1.807) is 0 Å². The van der Waals surface area contributed by atoms with Crippen molar-refractivity contribution in [1.29, 1.82) is 0 Å². The molecule has 0 aromatic carbocycles. The van der Waals surface area contributed by atoms with Gasteiger partial charge in [-0.1, -0.05) is 27.7 Å². The summed E-state index contributed by atoms with van der Waals surface area (Å²) in [6.07, 6.45) is 1.98. The van der Waals surface area contributed by atoms with Crippen LogP contribution in [0.4, 0.5) is 0 Å². The monoisotopic (exact) mass is 552 g/mol. The van der Waals surface area contributed by atoms with E-state index in [1.165, 1.54) is 0 Å². The number of nitrogens with one attached hydrogen (secondary N) is 4. The Balaban J connectivity index is 3.84. The van der Waals surface area contributed by atoms with Gasteiger partial charge in [-0.3, -0.25) is 9.05 Å². The number of thiocarbonyl (C=S) groups is 2. The van der Waals surface area contributed by atoms with Crippen LogP contribution in [0.15, 0.2) is 0 Å². The van der Waals surface area contributed by atoms with Gasteiger partial charge in [-0.25, -0.2) is 9.13 Å². The fraction of sp³-hybridized carbons (Fsp3) is 0.882. The Kier molecular flexibility index (Phi) is 14.7. The average molecular weight is 553 g/mol. The zero-order chi connectivity index (χ0) is 25.8. The molecule has 12 nitrogen and oxygen atoms in total. The zero-order valence-corrected chi connectivity index (χ0v) is 22.9. The summed E-state index contributed by atoms with van der Waals surface area (Å²) in [4.78, 5) is 35.1. The molecule has 0 aromatic heterocycles. The van der Waals surface area contributed by atoms with Crippen molar-refractivity contribution in [1.82, 2.24) is 21.3 Å². The van der Waals surface area contributed by atoms with Crippen molar-refractivity contribution in [3.8, 4) is 0 Å². The Labute approximate surface area is 206 Å². The lowest BCUT2D eigenvalue weighted by Crippen LogP contribution is -2.40. The first kappa shape index (κ1) is 32.6. The number of phosphoric acid groups is 2. The first-order valence-corrected chi connectivity index (χ1v) is 14.2. The van der Waals surface area contributed by atoms with E-state index in [-0.39, 0.29) is 13.2 Å². The predicted molar refractivity (Wildman–Crippen MR) is 135 cm³/mol. The Morgan fingerprint density at radius 1 is 0.697 bits per heavy atom. The van der Waals surface area contributed by atoms with Crippen LogP contribution in [0.25, 0.3) is 0 Å². The maximum absolute atomic E-state index is 10.8. The van der Waals surface area contributed by atoms with Crippen LogP contribution in [0.3, 0.4) is 0 Å². The second kappa shape index (κ2) is 14.9. The summed E-state index contributed by atoms with van der Waals surface area (Å²) in [6.45, 7) is 9.59. The van der Waals surface area contributed by atoms with Gasteiger partial charge in [-0.2, -0.15) is 0 Å². The third kappa shape index (κ3) is 21.8. The third-order valence-corrected chi connectivity index (χ3v) is 5.85. The van der Waals surface area contributed by atoms with E-state index in [9.17, 15) is 9.13 Å². The minimum absolute atomic E-state index is 0.0581. The molecular formula is C17H38N4O8P2S2. The maximum Gasteiger partial charge on any atom is 0.469 e. The van der Waals surface area contributed by atoms with Crippen LogP contribution in [0.1, 0.15) is 47.0 Å². The van der Waals surface area contributed by atoms with Crippen LogP contribution in [0.5, 0.6) is 0 Å². The van der Waals surface area contributed by atoms with E-state index >= 15 is 0 Å². The normalized spacial score (nSPS) is 12.8. The highest BCUT2D eigenvalue weighted by Gasteiger charge is 2.24. The molecule has 196 valence electrons.